The Hall–Kier alpha value is 0.170. The van der Waals surface area contributed by atoms with Crippen molar-refractivity contribution in [1.82, 2.24) is 0 Å². The number of hydrogen-bond acceptors (Lipinski definition) is 3. The van der Waals surface area contributed by atoms with E-state index in [9.17, 15) is 0 Å². The number of aliphatic hydroxyl groups is 3. The third-order valence-corrected chi connectivity index (χ3v) is 0.585. The molecule has 3 nitrogen and oxygen atoms in total. The van der Waals surface area contributed by atoms with Gasteiger partial charge in [-0.15, -0.1) is 12.4 Å². The van der Waals surface area contributed by atoms with Crippen molar-refractivity contribution >= 4 is 12.4 Å². The van der Waals surface area contributed by atoms with Crippen LogP contribution in [-0.4, -0.2) is 21.3 Å². The summed E-state index contributed by atoms with van der Waals surface area (Å²) in [6.45, 7) is 1.75. The monoisotopic (exact) mass is 142 g/mol. The van der Waals surface area contributed by atoms with Crippen LogP contribution in [0.25, 0.3) is 0 Å². The zero-order valence-electron chi connectivity index (χ0n) is 4.66. The number of hydrogen-bond donors (Lipinski definition) is 3. The molecule has 0 heterocycles. The first-order valence-corrected chi connectivity index (χ1v) is 2.23. The minimum atomic E-state index is -2.45. The highest BCUT2D eigenvalue weighted by atomic mass is 35.5. The molecule has 0 aromatic rings. The zero-order chi connectivity index (χ0) is 5.91. The molecule has 0 amide bonds. The van der Waals surface area contributed by atoms with Gasteiger partial charge < -0.3 is 15.3 Å². The average molecular weight is 143 g/mol. The summed E-state index contributed by atoms with van der Waals surface area (Å²) in [5.41, 5.74) is 0. The van der Waals surface area contributed by atoms with Gasteiger partial charge in [0.1, 0.15) is 0 Å². The van der Waals surface area contributed by atoms with Crippen molar-refractivity contribution in [3.63, 3.8) is 0 Å². The van der Waals surface area contributed by atoms with Crippen molar-refractivity contribution in [3.8, 4) is 0 Å². The van der Waals surface area contributed by atoms with Crippen molar-refractivity contribution < 1.29 is 15.3 Å². The Labute approximate surface area is 54.4 Å². The molecule has 0 spiro atoms. The summed E-state index contributed by atoms with van der Waals surface area (Å²) < 4.78 is 0. The maximum Gasteiger partial charge on any atom is 0.275 e. The molecule has 0 rings (SSSR count). The van der Waals surface area contributed by atoms with E-state index in [1.165, 1.54) is 0 Å². The van der Waals surface area contributed by atoms with Crippen molar-refractivity contribution in [2.75, 3.05) is 0 Å². The van der Waals surface area contributed by atoms with E-state index >= 15 is 0 Å². The van der Waals surface area contributed by atoms with E-state index in [-0.39, 0.29) is 18.8 Å². The van der Waals surface area contributed by atoms with Gasteiger partial charge in [0.2, 0.25) is 0 Å². The number of rotatable bonds is 2. The summed E-state index contributed by atoms with van der Waals surface area (Å²) in [4.78, 5) is 0. The lowest BCUT2D eigenvalue weighted by molar-refractivity contribution is -0.314. The summed E-state index contributed by atoms with van der Waals surface area (Å²) in [6.07, 6.45) is 0.566. The summed E-state index contributed by atoms with van der Waals surface area (Å²) in [7, 11) is 0. The van der Waals surface area contributed by atoms with E-state index in [1.54, 1.807) is 6.92 Å². The van der Waals surface area contributed by atoms with E-state index in [4.69, 9.17) is 15.3 Å². The Morgan fingerprint density at radius 2 is 1.62 bits per heavy atom. The molecule has 0 saturated heterocycles. The van der Waals surface area contributed by atoms with Crippen molar-refractivity contribution in [2.45, 2.75) is 25.7 Å². The summed E-state index contributed by atoms with van der Waals surface area (Å²) in [6, 6.07) is 0. The SMILES string of the molecule is CCCC(O)(O)O.Cl. The Morgan fingerprint density at radius 3 is 1.62 bits per heavy atom. The third kappa shape index (κ3) is 9.48. The Balaban J connectivity index is 0. The molecule has 4 heteroatoms. The second kappa shape index (κ2) is 4.09. The zero-order valence-corrected chi connectivity index (χ0v) is 5.48. The molecule has 3 N–H and O–H groups in total. The van der Waals surface area contributed by atoms with E-state index < -0.39 is 5.97 Å². The van der Waals surface area contributed by atoms with Gasteiger partial charge >= 0.3 is 0 Å². The Kier molecular flexibility index (Phi) is 5.64. The number of halogens is 1. The lowest BCUT2D eigenvalue weighted by atomic mass is 10.3. The van der Waals surface area contributed by atoms with Crippen molar-refractivity contribution in [3.05, 3.63) is 0 Å². The molecule has 0 unspecified atom stereocenters. The van der Waals surface area contributed by atoms with Crippen molar-refractivity contribution in [2.24, 2.45) is 0 Å². The van der Waals surface area contributed by atoms with Crippen LogP contribution in [0.4, 0.5) is 0 Å². The molecule has 0 aliphatic heterocycles. The van der Waals surface area contributed by atoms with Gasteiger partial charge in [-0.3, -0.25) is 0 Å². The molecule has 0 aromatic carbocycles. The third-order valence-electron chi connectivity index (χ3n) is 0.585. The fourth-order valence-corrected chi connectivity index (χ4v) is 0.335. The standard InChI is InChI=1S/C4H10O3.ClH/c1-2-3-4(5,6)7;/h5-7H,2-3H2,1H3;1H. The lowest BCUT2D eigenvalue weighted by Gasteiger charge is -2.10. The minimum Gasteiger partial charge on any atom is -0.344 e. The second-order valence-corrected chi connectivity index (χ2v) is 1.52. The molecule has 0 fully saturated rings. The van der Waals surface area contributed by atoms with E-state index in [1.807, 2.05) is 0 Å². The fourth-order valence-electron chi connectivity index (χ4n) is 0.335. The molecule has 0 aromatic heterocycles. The molecular formula is C4H11ClO3. The highest BCUT2D eigenvalue weighted by Gasteiger charge is 2.14. The van der Waals surface area contributed by atoms with Crippen LogP contribution in [0.3, 0.4) is 0 Å². The summed E-state index contributed by atoms with van der Waals surface area (Å²) in [5, 5.41) is 24.4. The first-order valence-electron chi connectivity index (χ1n) is 2.23. The van der Waals surface area contributed by atoms with Crippen LogP contribution in [0, 0.1) is 0 Å². The Morgan fingerprint density at radius 1 is 1.25 bits per heavy atom. The van der Waals surface area contributed by atoms with E-state index in [0.717, 1.165) is 0 Å². The molecular weight excluding hydrogens is 131 g/mol. The van der Waals surface area contributed by atoms with Crippen LogP contribution in [0.1, 0.15) is 19.8 Å². The van der Waals surface area contributed by atoms with Gasteiger partial charge in [-0.25, -0.2) is 0 Å². The van der Waals surface area contributed by atoms with Gasteiger partial charge in [0.15, 0.2) is 0 Å². The van der Waals surface area contributed by atoms with Crippen LogP contribution < -0.4 is 0 Å². The Bertz CT molecular complexity index is 49.7. The molecule has 0 aliphatic rings. The van der Waals surface area contributed by atoms with E-state index in [0.29, 0.717) is 6.42 Å². The lowest BCUT2D eigenvalue weighted by Crippen LogP contribution is -2.26. The minimum absolute atomic E-state index is 0. The first kappa shape index (κ1) is 11.0. The molecule has 0 atom stereocenters. The van der Waals surface area contributed by atoms with Crippen LogP contribution in [0.5, 0.6) is 0 Å². The maximum atomic E-state index is 8.13. The molecule has 8 heavy (non-hydrogen) atoms. The van der Waals surface area contributed by atoms with Crippen LogP contribution in [0.2, 0.25) is 0 Å². The van der Waals surface area contributed by atoms with Crippen LogP contribution >= 0.6 is 12.4 Å². The van der Waals surface area contributed by atoms with Crippen LogP contribution in [-0.2, 0) is 0 Å². The molecule has 0 bridgehead atoms. The highest BCUT2D eigenvalue weighted by molar-refractivity contribution is 5.85. The van der Waals surface area contributed by atoms with Gasteiger partial charge in [-0.05, 0) is 6.42 Å². The molecule has 52 valence electrons. The van der Waals surface area contributed by atoms with Gasteiger partial charge in [0.25, 0.3) is 5.97 Å². The molecule has 0 aliphatic carbocycles. The largest absolute Gasteiger partial charge is 0.344 e. The molecule has 0 saturated carbocycles. The van der Waals surface area contributed by atoms with Gasteiger partial charge in [-0.2, -0.15) is 0 Å². The summed E-state index contributed by atoms with van der Waals surface area (Å²) >= 11 is 0. The van der Waals surface area contributed by atoms with E-state index in [2.05, 4.69) is 0 Å². The first-order chi connectivity index (χ1) is 3.06. The average Bonchev–Trinajstić information content (AvgIpc) is 1.30. The predicted molar refractivity (Wildman–Crippen MR) is 31.5 cm³/mol. The van der Waals surface area contributed by atoms with Crippen LogP contribution in [0.15, 0.2) is 0 Å². The van der Waals surface area contributed by atoms with Gasteiger partial charge in [0, 0.05) is 6.42 Å². The normalized spacial score (nSPS) is 10.5. The summed E-state index contributed by atoms with van der Waals surface area (Å²) in [5.74, 6) is -2.45. The van der Waals surface area contributed by atoms with Crippen molar-refractivity contribution in [1.29, 1.82) is 0 Å². The highest BCUT2D eigenvalue weighted by Crippen LogP contribution is 2.01. The predicted octanol–water partition coefficient (Wildman–Crippen LogP) is -0.161. The fraction of sp³-hybridized carbons (Fsp3) is 1.00. The smallest absolute Gasteiger partial charge is 0.275 e. The second-order valence-electron chi connectivity index (χ2n) is 1.52. The van der Waals surface area contributed by atoms with Gasteiger partial charge in [-0.1, -0.05) is 6.92 Å². The molecule has 0 radical (unpaired) electrons. The maximum absolute atomic E-state index is 8.13. The quantitative estimate of drug-likeness (QED) is 0.470. The van der Waals surface area contributed by atoms with Gasteiger partial charge in [0.05, 0.1) is 0 Å². The topological polar surface area (TPSA) is 60.7 Å².